The Labute approximate surface area is 116 Å². The van der Waals surface area contributed by atoms with Crippen LogP contribution in [0.15, 0.2) is 29.4 Å². The second kappa shape index (κ2) is 6.26. The highest BCUT2D eigenvalue weighted by molar-refractivity contribution is 5.92. The normalized spacial score (nSPS) is 17.5. The Balaban J connectivity index is 2.05. The van der Waals surface area contributed by atoms with Crippen molar-refractivity contribution in [3.63, 3.8) is 0 Å². The summed E-state index contributed by atoms with van der Waals surface area (Å²) in [5.74, 6) is 0. The van der Waals surface area contributed by atoms with Gasteiger partial charge in [0.1, 0.15) is 0 Å². The lowest BCUT2D eigenvalue weighted by molar-refractivity contribution is -0.0613. The first kappa shape index (κ1) is 14.8. The summed E-state index contributed by atoms with van der Waals surface area (Å²) in [6.07, 6.45) is -2.49. The molecule has 1 aromatic carbocycles. The summed E-state index contributed by atoms with van der Waals surface area (Å²) >= 11 is 0. The van der Waals surface area contributed by atoms with E-state index in [0.717, 1.165) is 18.4 Å². The first-order valence-corrected chi connectivity index (χ1v) is 6.64. The van der Waals surface area contributed by atoms with Crippen LogP contribution in [-0.4, -0.2) is 36.4 Å². The molecule has 0 amide bonds. The predicted molar refractivity (Wildman–Crippen MR) is 74.0 cm³/mol. The summed E-state index contributed by atoms with van der Waals surface area (Å²) in [6, 6.07) is 7.07. The number of likely N-dealkylation sites (tertiary alicyclic amines) is 1. The summed E-state index contributed by atoms with van der Waals surface area (Å²) in [5.41, 5.74) is 3.32. The number of alkyl halides is 3. The zero-order valence-corrected chi connectivity index (χ0v) is 11.4. The van der Waals surface area contributed by atoms with Crippen molar-refractivity contribution in [2.75, 3.05) is 25.1 Å². The number of benzene rings is 1. The summed E-state index contributed by atoms with van der Waals surface area (Å²) < 4.78 is 38.8. The molecule has 1 aromatic rings. The fraction of sp³-hybridized carbons (Fsp3) is 0.500. The maximum absolute atomic E-state index is 12.9. The van der Waals surface area contributed by atoms with E-state index in [1.54, 1.807) is 17.0 Å². The number of anilines is 1. The molecule has 1 N–H and O–H groups in total. The lowest BCUT2D eigenvalue weighted by Gasteiger charge is -2.18. The van der Waals surface area contributed by atoms with Crippen molar-refractivity contribution in [1.82, 2.24) is 4.90 Å². The van der Waals surface area contributed by atoms with Crippen LogP contribution >= 0.6 is 0 Å². The highest BCUT2D eigenvalue weighted by Crippen LogP contribution is 2.20. The van der Waals surface area contributed by atoms with Crippen LogP contribution in [0.25, 0.3) is 0 Å². The molecular formula is C14H18F3N3. The molecule has 0 spiro atoms. The van der Waals surface area contributed by atoms with Gasteiger partial charge in [-0.15, -0.1) is 0 Å². The third-order valence-corrected chi connectivity index (χ3v) is 3.27. The zero-order chi connectivity index (χ0) is 14.6. The van der Waals surface area contributed by atoms with Crippen molar-refractivity contribution in [2.24, 2.45) is 5.10 Å². The topological polar surface area (TPSA) is 27.6 Å². The average molecular weight is 285 g/mol. The predicted octanol–water partition coefficient (Wildman–Crippen LogP) is 3.42. The molecule has 0 unspecified atom stereocenters. The molecule has 0 aliphatic carbocycles. The van der Waals surface area contributed by atoms with Crippen LogP contribution in [0.2, 0.25) is 0 Å². The van der Waals surface area contributed by atoms with E-state index in [2.05, 4.69) is 10.5 Å². The molecule has 0 aromatic heterocycles. The number of hydrogen-bond donors (Lipinski definition) is 1. The van der Waals surface area contributed by atoms with Crippen LogP contribution in [0, 0.1) is 6.92 Å². The Bertz CT molecular complexity index is 460. The van der Waals surface area contributed by atoms with E-state index in [4.69, 9.17) is 0 Å². The Kier molecular flexibility index (Phi) is 4.65. The smallest absolute Gasteiger partial charge is 0.297 e. The third-order valence-electron chi connectivity index (χ3n) is 3.27. The van der Waals surface area contributed by atoms with E-state index < -0.39 is 11.9 Å². The highest BCUT2D eigenvalue weighted by atomic mass is 19.4. The number of rotatable bonds is 4. The lowest BCUT2D eigenvalue weighted by Crippen LogP contribution is -2.36. The van der Waals surface area contributed by atoms with Gasteiger partial charge in [-0.05, 0) is 45.0 Å². The molecule has 1 aliphatic heterocycles. The molecule has 1 fully saturated rings. The van der Waals surface area contributed by atoms with Crippen molar-refractivity contribution in [2.45, 2.75) is 25.9 Å². The van der Waals surface area contributed by atoms with Crippen LogP contribution < -0.4 is 5.43 Å². The average Bonchev–Trinajstić information content (AvgIpc) is 2.88. The molecule has 110 valence electrons. The molecule has 0 bridgehead atoms. The SMILES string of the molecule is Cc1ccc(N/N=C(/CN2CCCC2)C(F)(F)F)cc1. The van der Waals surface area contributed by atoms with Crippen molar-refractivity contribution in [3.05, 3.63) is 29.8 Å². The Morgan fingerprint density at radius 3 is 2.35 bits per heavy atom. The van der Waals surface area contributed by atoms with E-state index in [-0.39, 0.29) is 6.54 Å². The van der Waals surface area contributed by atoms with Gasteiger partial charge in [0.2, 0.25) is 0 Å². The number of nitrogens with one attached hydrogen (secondary N) is 1. The molecule has 0 radical (unpaired) electrons. The maximum atomic E-state index is 12.9. The highest BCUT2D eigenvalue weighted by Gasteiger charge is 2.37. The molecule has 6 heteroatoms. The molecule has 0 saturated carbocycles. The van der Waals surface area contributed by atoms with E-state index in [9.17, 15) is 13.2 Å². The van der Waals surface area contributed by atoms with Gasteiger partial charge in [0.05, 0.1) is 5.69 Å². The van der Waals surface area contributed by atoms with Gasteiger partial charge >= 0.3 is 6.18 Å². The molecular weight excluding hydrogens is 267 g/mol. The molecule has 3 nitrogen and oxygen atoms in total. The van der Waals surface area contributed by atoms with Crippen LogP contribution in [-0.2, 0) is 0 Å². The number of aryl methyl sites for hydroxylation is 1. The molecule has 1 aliphatic rings. The molecule has 1 saturated heterocycles. The fourth-order valence-electron chi connectivity index (χ4n) is 2.10. The van der Waals surface area contributed by atoms with Gasteiger partial charge in [-0.2, -0.15) is 18.3 Å². The second-order valence-electron chi connectivity index (χ2n) is 5.02. The van der Waals surface area contributed by atoms with Gasteiger partial charge in [-0.25, -0.2) is 0 Å². The van der Waals surface area contributed by atoms with Crippen LogP contribution in [0.3, 0.4) is 0 Å². The summed E-state index contributed by atoms with van der Waals surface area (Å²) in [6.45, 7) is 3.18. The molecule has 1 heterocycles. The van der Waals surface area contributed by atoms with Gasteiger partial charge in [0, 0.05) is 6.54 Å². The second-order valence-corrected chi connectivity index (χ2v) is 5.02. The third kappa shape index (κ3) is 4.23. The first-order chi connectivity index (χ1) is 9.45. The quantitative estimate of drug-likeness (QED) is 0.678. The Hall–Kier alpha value is -1.56. The Morgan fingerprint density at radius 1 is 1.20 bits per heavy atom. The largest absolute Gasteiger partial charge is 0.432 e. The monoisotopic (exact) mass is 285 g/mol. The molecule has 2 rings (SSSR count). The van der Waals surface area contributed by atoms with E-state index in [1.165, 1.54) is 0 Å². The zero-order valence-electron chi connectivity index (χ0n) is 11.4. The van der Waals surface area contributed by atoms with Crippen LogP contribution in [0.5, 0.6) is 0 Å². The van der Waals surface area contributed by atoms with Gasteiger partial charge in [-0.1, -0.05) is 17.7 Å². The van der Waals surface area contributed by atoms with Crippen molar-refractivity contribution in [3.8, 4) is 0 Å². The number of nitrogens with zero attached hydrogens (tertiary/aromatic N) is 2. The van der Waals surface area contributed by atoms with Crippen LogP contribution in [0.1, 0.15) is 18.4 Å². The summed E-state index contributed by atoms with van der Waals surface area (Å²) in [4.78, 5) is 1.78. The van der Waals surface area contributed by atoms with E-state index in [1.807, 2.05) is 19.1 Å². The van der Waals surface area contributed by atoms with Crippen molar-refractivity contribution >= 4 is 11.4 Å². The van der Waals surface area contributed by atoms with Gasteiger partial charge in [-0.3, -0.25) is 10.3 Å². The maximum Gasteiger partial charge on any atom is 0.432 e. The van der Waals surface area contributed by atoms with Crippen molar-refractivity contribution < 1.29 is 13.2 Å². The minimum Gasteiger partial charge on any atom is -0.297 e. The van der Waals surface area contributed by atoms with E-state index >= 15 is 0 Å². The van der Waals surface area contributed by atoms with Gasteiger partial charge in [0.15, 0.2) is 5.71 Å². The molecule has 20 heavy (non-hydrogen) atoms. The fourth-order valence-corrected chi connectivity index (χ4v) is 2.10. The standard InChI is InChI=1S/C14H18F3N3/c1-11-4-6-12(7-5-11)18-19-13(14(15,16)17)10-20-8-2-3-9-20/h4-7,18H,2-3,8-10H2,1H3/b19-13-. The van der Waals surface area contributed by atoms with E-state index in [0.29, 0.717) is 18.8 Å². The first-order valence-electron chi connectivity index (χ1n) is 6.64. The van der Waals surface area contributed by atoms with Crippen LogP contribution in [0.4, 0.5) is 18.9 Å². The minimum absolute atomic E-state index is 0.150. The number of hydrogen-bond acceptors (Lipinski definition) is 3. The molecule has 0 atom stereocenters. The van der Waals surface area contributed by atoms with Crippen molar-refractivity contribution in [1.29, 1.82) is 0 Å². The Morgan fingerprint density at radius 2 is 1.80 bits per heavy atom. The number of halogens is 3. The lowest BCUT2D eigenvalue weighted by atomic mass is 10.2. The summed E-state index contributed by atoms with van der Waals surface area (Å²) in [7, 11) is 0. The number of hydrazone groups is 1. The van der Waals surface area contributed by atoms with Gasteiger partial charge in [0.25, 0.3) is 0 Å². The summed E-state index contributed by atoms with van der Waals surface area (Å²) in [5, 5.41) is 3.56. The van der Waals surface area contributed by atoms with Gasteiger partial charge < -0.3 is 0 Å². The minimum atomic E-state index is -4.40.